The first-order valence-electron chi connectivity index (χ1n) is 4.72. The van der Waals surface area contributed by atoms with Crippen molar-refractivity contribution >= 4 is 0 Å². The quantitative estimate of drug-likeness (QED) is 0.610. The van der Waals surface area contributed by atoms with Crippen LogP contribution in [0, 0.1) is 5.41 Å². The molecule has 11 heavy (non-hydrogen) atoms. The molecular formula is C10H19N. The van der Waals surface area contributed by atoms with Crippen LogP contribution in [0.1, 0.15) is 41.0 Å². The molecule has 1 aliphatic heterocycles. The molecular weight excluding hydrogens is 134 g/mol. The normalized spacial score (nSPS) is 27.1. The molecule has 1 N–H and O–H groups in total. The van der Waals surface area contributed by atoms with E-state index in [1.54, 1.807) is 5.57 Å². The molecule has 1 heteroatoms. The minimum absolute atomic E-state index is 0. The Balaban J connectivity index is 0.000000720. The molecule has 1 nitrogen and oxygen atoms in total. The van der Waals surface area contributed by atoms with Crippen LogP contribution in [0.2, 0.25) is 0 Å². The van der Waals surface area contributed by atoms with E-state index >= 15 is 0 Å². The van der Waals surface area contributed by atoms with Crippen molar-refractivity contribution in [2.24, 2.45) is 5.41 Å². The molecule has 1 heterocycles. The molecule has 0 bridgehead atoms. The Kier molecular flexibility index (Phi) is 1.48. The zero-order chi connectivity index (χ0) is 7.90. The third-order valence-electron chi connectivity index (χ3n) is 3.45. The SMILES string of the molecule is CCC1=C(C)NCC12CCC2.[HH]. The topological polar surface area (TPSA) is 12.0 Å². The van der Waals surface area contributed by atoms with Gasteiger partial charge in [-0.05, 0) is 31.8 Å². The molecule has 0 aromatic heterocycles. The van der Waals surface area contributed by atoms with Crippen molar-refractivity contribution in [2.75, 3.05) is 6.54 Å². The highest BCUT2D eigenvalue weighted by atomic mass is 14.9. The summed E-state index contributed by atoms with van der Waals surface area (Å²) in [5.41, 5.74) is 3.80. The highest BCUT2D eigenvalue weighted by Crippen LogP contribution is 2.51. The van der Waals surface area contributed by atoms with Crippen LogP contribution in [0.25, 0.3) is 0 Å². The fraction of sp³-hybridized carbons (Fsp3) is 0.800. The van der Waals surface area contributed by atoms with Crippen molar-refractivity contribution in [3.8, 4) is 0 Å². The molecule has 64 valence electrons. The van der Waals surface area contributed by atoms with Crippen LogP contribution < -0.4 is 5.32 Å². The lowest BCUT2D eigenvalue weighted by Crippen LogP contribution is -2.34. The van der Waals surface area contributed by atoms with Gasteiger partial charge in [-0.25, -0.2) is 0 Å². The molecule has 0 aromatic rings. The van der Waals surface area contributed by atoms with E-state index in [2.05, 4.69) is 19.2 Å². The largest absolute Gasteiger partial charge is 0.388 e. The summed E-state index contributed by atoms with van der Waals surface area (Å²) in [5, 5.41) is 3.49. The molecule has 0 aromatic carbocycles. The summed E-state index contributed by atoms with van der Waals surface area (Å²) in [6.07, 6.45) is 5.55. The van der Waals surface area contributed by atoms with Crippen LogP contribution in [0.15, 0.2) is 11.3 Å². The van der Waals surface area contributed by atoms with Crippen molar-refractivity contribution in [1.29, 1.82) is 0 Å². The lowest BCUT2D eigenvalue weighted by atomic mass is 9.64. The average Bonchev–Trinajstić information content (AvgIpc) is 2.25. The summed E-state index contributed by atoms with van der Waals surface area (Å²) >= 11 is 0. The second-order valence-corrected chi connectivity index (χ2v) is 3.94. The maximum absolute atomic E-state index is 3.49. The van der Waals surface area contributed by atoms with Gasteiger partial charge in [0, 0.05) is 19.1 Å². The van der Waals surface area contributed by atoms with Gasteiger partial charge in [0.15, 0.2) is 0 Å². The van der Waals surface area contributed by atoms with Crippen LogP contribution in [0.3, 0.4) is 0 Å². The van der Waals surface area contributed by atoms with Gasteiger partial charge in [-0.3, -0.25) is 0 Å². The molecule has 0 amide bonds. The molecule has 1 fully saturated rings. The van der Waals surface area contributed by atoms with E-state index in [4.69, 9.17) is 0 Å². The summed E-state index contributed by atoms with van der Waals surface area (Å²) in [7, 11) is 0. The van der Waals surface area contributed by atoms with Gasteiger partial charge >= 0.3 is 0 Å². The zero-order valence-corrected chi connectivity index (χ0v) is 7.54. The minimum atomic E-state index is 0. The number of hydrogen-bond acceptors (Lipinski definition) is 1. The molecule has 2 rings (SSSR count). The maximum atomic E-state index is 3.49. The summed E-state index contributed by atoms with van der Waals surface area (Å²) < 4.78 is 0. The van der Waals surface area contributed by atoms with Crippen LogP contribution in [0.4, 0.5) is 0 Å². The zero-order valence-electron chi connectivity index (χ0n) is 7.54. The summed E-state index contributed by atoms with van der Waals surface area (Å²) in [6, 6.07) is 0. The molecule has 1 saturated carbocycles. The Hall–Kier alpha value is -0.460. The van der Waals surface area contributed by atoms with E-state index in [-0.39, 0.29) is 1.43 Å². The second kappa shape index (κ2) is 2.26. The van der Waals surface area contributed by atoms with Crippen molar-refractivity contribution < 1.29 is 1.43 Å². The van der Waals surface area contributed by atoms with Gasteiger partial charge < -0.3 is 5.32 Å². The molecule has 0 atom stereocenters. The molecule has 1 spiro atoms. The fourth-order valence-electron chi connectivity index (χ4n) is 2.64. The van der Waals surface area contributed by atoms with Gasteiger partial charge in [0.1, 0.15) is 0 Å². The Morgan fingerprint density at radius 3 is 2.64 bits per heavy atom. The standard InChI is InChI=1S/C10H17N.H2/c1-3-9-8(2)11-7-10(9)5-4-6-10;/h11H,3-7H2,1-2H3;1H. The molecule has 1 aliphatic carbocycles. The van der Waals surface area contributed by atoms with Gasteiger partial charge in [0.25, 0.3) is 0 Å². The first-order valence-corrected chi connectivity index (χ1v) is 4.72. The first-order chi connectivity index (χ1) is 5.28. The smallest absolute Gasteiger partial charge is 0.0238 e. The fourth-order valence-corrected chi connectivity index (χ4v) is 2.64. The van der Waals surface area contributed by atoms with E-state index in [1.165, 1.54) is 37.9 Å². The van der Waals surface area contributed by atoms with E-state index < -0.39 is 0 Å². The molecule has 0 unspecified atom stereocenters. The molecule has 0 radical (unpaired) electrons. The number of allylic oxidation sites excluding steroid dienone is 1. The minimum Gasteiger partial charge on any atom is -0.388 e. The summed E-state index contributed by atoms with van der Waals surface area (Å²) in [6.45, 7) is 5.74. The Labute approximate surface area is 70.4 Å². The van der Waals surface area contributed by atoms with Crippen LogP contribution in [0.5, 0.6) is 0 Å². The van der Waals surface area contributed by atoms with Gasteiger partial charge in [-0.15, -0.1) is 0 Å². The van der Waals surface area contributed by atoms with Crippen LogP contribution >= 0.6 is 0 Å². The summed E-state index contributed by atoms with van der Waals surface area (Å²) in [5.74, 6) is 0. The predicted molar refractivity (Wildman–Crippen MR) is 49.4 cm³/mol. The van der Waals surface area contributed by atoms with E-state index in [0.29, 0.717) is 5.41 Å². The highest BCUT2D eigenvalue weighted by Gasteiger charge is 2.43. The Morgan fingerprint density at radius 2 is 2.27 bits per heavy atom. The Bertz CT molecular complexity index is 204. The average molecular weight is 153 g/mol. The van der Waals surface area contributed by atoms with E-state index in [0.717, 1.165) is 0 Å². The third kappa shape index (κ3) is 0.831. The van der Waals surface area contributed by atoms with Gasteiger partial charge in [0.2, 0.25) is 0 Å². The van der Waals surface area contributed by atoms with E-state index in [9.17, 15) is 0 Å². The van der Waals surface area contributed by atoms with Crippen LogP contribution in [-0.2, 0) is 0 Å². The monoisotopic (exact) mass is 153 g/mol. The molecule has 2 aliphatic rings. The number of rotatable bonds is 1. The van der Waals surface area contributed by atoms with Gasteiger partial charge in [-0.1, -0.05) is 13.3 Å². The number of hydrogen-bond donors (Lipinski definition) is 1. The highest BCUT2D eigenvalue weighted by molar-refractivity contribution is 5.28. The van der Waals surface area contributed by atoms with Crippen LogP contribution in [-0.4, -0.2) is 6.54 Å². The van der Waals surface area contributed by atoms with Crippen molar-refractivity contribution in [2.45, 2.75) is 39.5 Å². The third-order valence-corrected chi connectivity index (χ3v) is 3.45. The van der Waals surface area contributed by atoms with Crippen molar-refractivity contribution in [3.63, 3.8) is 0 Å². The lowest BCUT2D eigenvalue weighted by Gasteiger charge is -2.40. The molecule has 0 saturated heterocycles. The first kappa shape index (κ1) is 7.20. The van der Waals surface area contributed by atoms with E-state index in [1.807, 2.05) is 0 Å². The van der Waals surface area contributed by atoms with Crippen molar-refractivity contribution in [3.05, 3.63) is 11.3 Å². The number of nitrogens with one attached hydrogen (secondary N) is 1. The lowest BCUT2D eigenvalue weighted by molar-refractivity contribution is 0.198. The second-order valence-electron chi connectivity index (χ2n) is 3.94. The predicted octanol–water partition coefficient (Wildman–Crippen LogP) is 2.69. The Morgan fingerprint density at radius 1 is 1.55 bits per heavy atom. The van der Waals surface area contributed by atoms with Gasteiger partial charge in [-0.2, -0.15) is 0 Å². The van der Waals surface area contributed by atoms with Gasteiger partial charge in [0.05, 0.1) is 0 Å². The maximum Gasteiger partial charge on any atom is 0.0238 e. The summed E-state index contributed by atoms with van der Waals surface area (Å²) in [4.78, 5) is 0. The van der Waals surface area contributed by atoms with Crippen molar-refractivity contribution in [1.82, 2.24) is 5.32 Å².